The predicted molar refractivity (Wildman–Crippen MR) is 69.6 cm³/mol. The minimum atomic E-state index is 0.663. The number of benzene rings is 1. The molecule has 0 saturated carbocycles. The summed E-state index contributed by atoms with van der Waals surface area (Å²) >= 11 is 0. The Morgan fingerprint density at radius 1 is 1.06 bits per heavy atom. The van der Waals surface area contributed by atoms with E-state index >= 15 is 0 Å². The smallest absolute Gasteiger partial charge is 0.0568 e. The van der Waals surface area contributed by atoms with Gasteiger partial charge in [0, 0.05) is 31.9 Å². The predicted octanol–water partition coefficient (Wildman–Crippen LogP) is 0.993. The van der Waals surface area contributed by atoms with Crippen LogP contribution in [0.1, 0.15) is 6.92 Å². The van der Waals surface area contributed by atoms with Crippen LogP contribution in [0.5, 0.6) is 0 Å². The first-order valence-electron chi connectivity index (χ1n) is 5.83. The summed E-state index contributed by atoms with van der Waals surface area (Å²) in [5, 5.41) is 0. The van der Waals surface area contributed by atoms with Gasteiger partial charge in [0.05, 0.1) is 11.4 Å². The van der Waals surface area contributed by atoms with Crippen LogP contribution in [0.3, 0.4) is 0 Å². The van der Waals surface area contributed by atoms with E-state index in [0.717, 1.165) is 32.7 Å². The molecule has 0 spiro atoms. The molecule has 0 radical (unpaired) electrons. The minimum absolute atomic E-state index is 0.663. The van der Waals surface area contributed by atoms with E-state index in [9.17, 15) is 0 Å². The van der Waals surface area contributed by atoms with Crippen molar-refractivity contribution in [1.82, 2.24) is 4.90 Å². The molecular weight excluding hydrogens is 200 g/mol. The van der Waals surface area contributed by atoms with E-state index in [1.807, 2.05) is 18.2 Å². The summed E-state index contributed by atoms with van der Waals surface area (Å²) in [6, 6.07) is 5.90. The second kappa shape index (κ2) is 4.61. The number of hydrogen-bond donors (Lipinski definition) is 2. The molecule has 0 aliphatic carbocycles. The van der Waals surface area contributed by atoms with Crippen molar-refractivity contribution in [2.45, 2.75) is 6.92 Å². The highest BCUT2D eigenvalue weighted by molar-refractivity contribution is 5.69. The normalized spacial score (nSPS) is 17.7. The van der Waals surface area contributed by atoms with Crippen molar-refractivity contribution >= 4 is 17.1 Å². The lowest BCUT2D eigenvalue weighted by molar-refractivity contribution is 0.271. The van der Waals surface area contributed by atoms with E-state index in [1.54, 1.807) is 0 Å². The Hall–Kier alpha value is -1.42. The fourth-order valence-corrected chi connectivity index (χ4v) is 2.08. The molecule has 1 aromatic carbocycles. The monoisotopic (exact) mass is 220 g/mol. The Labute approximate surface area is 96.8 Å². The van der Waals surface area contributed by atoms with Gasteiger partial charge in [0.1, 0.15) is 0 Å². The molecule has 4 heteroatoms. The van der Waals surface area contributed by atoms with E-state index in [-0.39, 0.29) is 0 Å². The van der Waals surface area contributed by atoms with Crippen molar-refractivity contribution < 1.29 is 0 Å². The molecule has 1 saturated heterocycles. The van der Waals surface area contributed by atoms with Gasteiger partial charge in [-0.1, -0.05) is 6.92 Å². The second-order valence-electron chi connectivity index (χ2n) is 4.23. The van der Waals surface area contributed by atoms with Crippen molar-refractivity contribution in [2.24, 2.45) is 0 Å². The molecule has 1 heterocycles. The Balaban J connectivity index is 2.05. The molecule has 1 aliphatic heterocycles. The summed E-state index contributed by atoms with van der Waals surface area (Å²) in [5.41, 5.74) is 14.1. The molecule has 4 N–H and O–H groups in total. The molecule has 16 heavy (non-hydrogen) atoms. The van der Waals surface area contributed by atoms with Crippen LogP contribution >= 0.6 is 0 Å². The van der Waals surface area contributed by atoms with Crippen molar-refractivity contribution in [1.29, 1.82) is 0 Å². The molecule has 88 valence electrons. The molecule has 1 fully saturated rings. The van der Waals surface area contributed by atoms with Gasteiger partial charge in [0.15, 0.2) is 0 Å². The highest BCUT2D eigenvalue weighted by Gasteiger charge is 2.15. The summed E-state index contributed by atoms with van der Waals surface area (Å²) in [5.74, 6) is 0. The fourth-order valence-electron chi connectivity index (χ4n) is 2.08. The van der Waals surface area contributed by atoms with E-state index in [0.29, 0.717) is 11.4 Å². The zero-order valence-corrected chi connectivity index (χ0v) is 9.82. The number of likely N-dealkylation sites (N-methyl/N-ethyl adjacent to an activating group) is 1. The summed E-state index contributed by atoms with van der Waals surface area (Å²) in [6.07, 6.45) is 0. The summed E-state index contributed by atoms with van der Waals surface area (Å²) < 4.78 is 0. The molecular formula is C12H20N4. The van der Waals surface area contributed by atoms with Gasteiger partial charge in [0.2, 0.25) is 0 Å². The van der Waals surface area contributed by atoms with Gasteiger partial charge in [-0.2, -0.15) is 0 Å². The van der Waals surface area contributed by atoms with Crippen LogP contribution in [-0.2, 0) is 0 Å². The minimum Gasteiger partial charge on any atom is -0.397 e. The number of rotatable bonds is 2. The van der Waals surface area contributed by atoms with Crippen molar-refractivity contribution in [3.8, 4) is 0 Å². The third-order valence-electron chi connectivity index (χ3n) is 3.26. The van der Waals surface area contributed by atoms with Gasteiger partial charge >= 0.3 is 0 Å². The zero-order valence-electron chi connectivity index (χ0n) is 9.82. The largest absolute Gasteiger partial charge is 0.397 e. The topological polar surface area (TPSA) is 58.5 Å². The lowest BCUT2D eigenvalue weighted by atomic mass is 10.2. The van der Waals surface area contributed by atoms with Crippen LogP contribution in [0.25, 0.3) is 0 Å². The number of nitrogens with zero attached hydrogens (tertiary/aromatic N) is 2. The van der Waals surface area contributed by atoms with E-state index in [2.05, 4.69) is 16.7 Å². The summed E-state index contributed by atoms with van der Waals surface area (Å²) in [6.45, 7) is 7.73. The maximum atomic E-state index is 5.82. The van der Waals surface area contributed by atoms with Gasteiger partial charge in [-0.3, -0.25) is 0 Å². The van der Waals surface area contributed by atoms with Crippen LogP contribution in [-0.4, -0.2) is 37.6 Å². The average Bonchev–Trinajstić information content (AvgIpc) is 2.33. The first kappa shape index (κ1) is 11.1. The second-order valence-corrected chi connectivity index (χ2v) is 4.23. The molecule has 0 unspecified atom stereocenters. The SMILES string of the molecule is CCN1CCN(c2ccc(N)c(N)c2)CC1. The van der Waals surface area contributed by atoms with Crippen LogP contribution in [0.2, 0.25) is 0 Å². The third-order valence-corrected chi connectivity index (χ3v) is 3.26. The zero-order chi connectivity index (χ0) is 11.5. The first-order valence-corrected chi connectivity index (χ1v) is 5.83. The van der Waals surface area contributed by atoms with Crippen LogP contribution in [0.15, 0.2) is 18.2 Å². The number of anilines is 3. The summed E-state index contributed by atoms with van der Waals surface area (Å²) in [4.78, 5) is 4.82. The molecule has 0 aromatic heterocycles. The maximum absolute atomic E-state index is 5.82. The van der Waals surface area contributed by atoms with Crippen molar-refractivity contribution in [3.63, 3.8) is 0 Å². The van der Waals surface area contributed by atoms with E-state index < -0.39 is 0 Å². The number of piperazine rings is 1. The van der Waals surface area contributed by atoms with Gasteiger partial charge in [-0.05, 0) is 24.7 Å². The summed E-state index contributed by atoms with van der Waals surface area (Å²) in [7, 11) is 0. The fraction of sp³-hybridized carbons (Fsp3) is 0.500. The van der Waals surface area contributed by atoms with E-state index in [4.69, 9.17) is 11.5 Å². The molecule has 2 rings (SSSR count). The highest BCUT2D eigenvalue weighted by Crippen LogP contribution is 2.23. The quantitative estimate of drug-likeness (QED) is 0.730. The lowest BCUT2D eigenvalue weighted by Gasteiger charge is -2.35. The standard InChI is InChI=1S/C12H20N4/c1-2-15-5-7-16(8-6-15)10-3-4-11(13)12(14)9-10/h3-4,9H,2,5-8,13-14H2,1H3. The molecule has 1 aromatic rings. The van der Waals surface area contributed by atoms with Gasteiger partial charge in [-0.25, -0.2) is 0 Å². The number of nitrogens with two attached hydrogens (primary N) is 2. The Kier molecular flexibility index (Phi) is 3.19. The van der Waals surface area contributed by atoms with E-state index in [1.165, 1.54) is 5.69 Å². The van der Waals surface area contributed by atoms with Gasteiger partial charge in [0.25, 0.3) is 0 Å². The average molecular weight is 220 g/mol. The number of hydrogen-bond acceptors (Lipinski definition) is 4. The Morgan fingerprint density at radius 3 is 2.31 bits per heavy atom. The lowest BCUT2D eigenvalue weighted by Crippen LogP contribution is -2.46. The number of nitrogen functional groups attached to an aromatic ring is 2. The van der Waals surface area contributed by atoms with Crippen LogP contribution < -0.4 is 16.4 Å². The van der Waals surface area contributed by atoms with Gasteiger partial charge < -0.3 is 21.3 Å². The molecule has 0 bridgehead atoms. The van der Waals surface area contributed by atoms with Crippen molar-refractivity contribution in [2.75, 3.05) is 49.1 Å². The van der Waals surface area contributed by atoms with Gasteiger partial charge in [-0.15, -0.1) is 0 Å². The molecule has 0 amide bonds. The third kappa shape index (κ3) is 2.22. The first-order chi connectivity index (χ1) is 7.70. The van der Waals surface area contributed by atoms with Crippen LogP contribution in [0.4, 0.5) is 17.1 Å². The molecule has 0 atom stereocenters. The van der Waals surface area contributed by atoms with Crippen LogP contribution in [0, 0.1) is 0 Å². The molecule has 1 aliphatic rings. The highest BCUT2D eigenvalue weighted by atomic mass is 15.3. The Morgan fingerprint density at radius 2 is 1.75 bits per heavy atom. The molecule has 4 nitrogen and oxygen atoms in total. The maximum Gasteiger partial charge on any atom is 0.0568 e. The Bertz CT molecular complexity index is 356. The van der Waals surface area contributed by atoms with Crippen molar-refractivity contribution in [3.05, 3.63) is 18.2 Å².